The Bertz CT molecular complexity index is 350. The summed E-state index contributed by atoms with van der Waals surface area (Å²) in [6.45, 7) is 7.91. The minimum Gasteiger partial charge on any atom is -0.371 e. The summed E-state index contributed by atoms with van der Waals surface area (Å²) >= 11 is 0. The SMILES string of the molecule is CCCCN(CC)c1cccc(F)c1[C@H](C)N. The maximum absolute atomic E-state index is 13.8. The molecular formula is C14H23FN2. The Labute approximate surface area is 104 Å². The molecule has 0 spiro atoms. The Hall–Kier alpha value is -1.09. The van der Waals surface area contributed by atoms with E-state index in [1.54, 1.807) is 6.07 Å². The molecule has 0 saturated heterocycles. The number of hydrogen-bond acceptors (Lipinski definition) is 2. The highest BCUT2D eigenvalue weighted by atomic mass is 19.1. The van der Waals surface area contributed by atoms with Crippen LogP contribution in [-0.4, -0.2) is 13.1 Å². The second-order valence-electron chi connectivity index (χ2n) is 4.39. The Morgan fingerprint density at radius 2 is 2.06 bits per heavy atom. The van der Waals surface area contributed by atoms with Gasteiger partial charge in [-0.25, -0.2) is 4.39 Å². The first-order valence-corrected chi connectivity index (χ1v) is 6.40. The molecule has 0 radical (unpaired) electrons. The lowest BCUT2D eigenvalue weighted by Crippen LogP contribution is -2.26. The van der Waals surface area contributed by atoms with Gasteiger partial charge in [0.15, 0.2) is 0 Å². The van der Waals surface area contributed by atoms with Crippen molar-refractivity contribution in [2.75, 3.05) is 18.0 Å². The number of halogens is 1. The van der Waals surface area contributed by atoms with Gasteiger partial charge in [-0.3, -0.25) is 0 Å². The third kappa shape index (κ3) is 3.43. The normalized spacial score (nSPS) is 12.5. The highest BCUT2D eigenvalue weighted by molar-refractivity contribution is 5.55. The van der Waals surface area contributed by atoms with Gasteiger partial charge in [0.05, 0.1) is 0 Å². The van der Waals surface area contributed by atoms with Crippen LogP contribution >= 0.6 is 0 Å². The van der Waals surface area contributed by atoms with Gasteiger partial charge in [-0.1, -0.05) is 19.4 Å². The van der Waals surface area contributed by atoms with E-state index in [9.17, 15) is 4.39 Å². The van der Waals surface area contributed by atoms with E-state index in [2.05, 4.69) is 18.7 Å². The van der Waals surface area contributed by atoms with Crippen molar-refractivity contribution >= 4 is 5.69 Å². The second-order valence-corrected chi connectivity index (χ2v) is 4.39. The number of nitrogens with two attached hydrogens (primary N) is 1. The maximum Gasteiger partial charge on any atom is 0.130 e. The first-order valence-electron chi connectivity index (χ1n) is 6.40. The van der Waals surface area contributed by atoms with E-state index >= 15 is 0 Å². The molecule has 1 atom stereocenters. The summed E-state index contributed by atoms with van der Waals surface area (Å²) in [7, 11) is 0. The molecule has 96 valence electrons. The third-order valence-corrected chi connectivity index (χ3v) is 2.99. The smallest absolute Gasteiger partial charge is 0.130 e. The lowest BCUT2D eigenvalue weighted by atomic mass is 10.0. The zero-order valence-electron chi connectivity index (χ0n) is 11.0. The van der Waals surface area contributed by atoms with Gasteiger partial charge in [0, 0.05) is 30.4 Å². The van der Waals surface area contributed by atoms with Crippen LogP contribution in [0.25, 0.3) is 0 Å². The molecule has 2 N–H and O–H groups in total. The van der Waals surface area contributed by atoms with E-state index in [4.69, 9.17) is 5.73 Å². The van der Waals surface area contributed by atoms with E-state index in [1.165, 1.54) is 6.07 Å². The van der Waals surface area contributed by atoms with Crippen LogP contribution < -0.4 is 10.6 Å². The Morgan fingerprint density at radius 1 is 1.35 bits per heavy atom. The van der Waals surface area contributed by atoms with Gasteiger partial charge in [0.1, 0.15) is 5.82 Å². The third-order valence-electron chi connectivity index (χ3n) is 2.99. The number of nitrogens with zero attached hydrogens (tertiary/aromatic N) is 1. The highest BCUT2D eigenvalue weighted by Gasteiger charge is 2.16. The summed E-state index contributed by atoms with van der Waals surface area (Å²) in [5.74, 6) is -0.201. The Kier molecular flexibility index (Phi) is 5.42. The Morgan fingerprint density at radius 3 is 2.59 bits per heavy atom. The molecule has 0 aliphatic rings. The molecule has 0 aliphatic heterocycles. The summed E-state index contributed by atoms with van der Waals surface area (Å²) in [6.07, 6.45) is 2.25. The van der Waals surface area contributed by atoms with Crippen LogP contribution in [0, 0.1) is 5.82 Å². The molecule has 0 heterocycles. The molecule has 0 amide bonds. The van der Waals surface area contributed by atoms with Crippen molar-refractivity contribution in [3.63, 3.8) is 0 Å². The highest BCUT2D eigenvalue weighted by Crippen LogP contribution is 2.28. The summed E-state index contributed by atoms with van der Waals surface area (Å²) < 4.78 is 13.8. The van der Waals surface area contributed by atoms with Gasteiger partial charge in [-0.15, -0.1) is 0 Å². The van der Waals surface area contributed by atoms with Crippen molar-refractivity contribution in [3.8, 4) is 0 Å². The molecule has 1 aromatic rings. The molecule has 0 unspecified atom stereocenters. The lowest BCUT2D eigenvalue weighted by Gasteiger charge is -2.27. The predicted octanol–water partition coefficient (Wildman–Crippen LogP) is 3.47. The fourth-order valence-electron chi connectivity index (χ4n) is 2.05. The molecule has 0 bridgehead atoms. The number of unbranched alkanes of at least 4 members (excludes halogenated alkanes) is 1. The average Bonchev–Trinajstić information content (AvgIpc) is 2.29. The minimum absolute atomic E-state index is 0.201. The maximum atomic E-state index is 13.8. The molecule has 1 rings (SSSR count). The summed E-state index contributed by atoms with van der Waals surface area (Å²) in [6, 6.07) is 4.92. The molecule has 0 aromatic heterocycles. The topological polar surface area (TPSA) is 29.3 Å². The summed E-state index contributed by atoms with van der Waals surface area (Å²) in [4.78, 5) is 2.20. The number of anilines is 1. The van der Waals surface area contributed by atoms with E-state index < -0.39 is 0 Å². The van der Waals surface area contributed by atoms with Crippen LogP contribution in [-0.2, 0) is 0 Å². The van der Waals surface area contributed by atoms with Crippen molar-refractivity contribution in [1.82, 2.24) is 0 Å². The van der Waals surface area contributed by atoms with E-state index in [0.717, 1.165) is 31.6 Å². The summed E-state index contributed by atoms with van der Waals surface area (Å²) in [5.41, 5.74) is 7.44. The van der Waals surface area contributed by atoms with Crippen LogP contribution in [0.15, 0.2) is 18.2 Å². The van der Waals surface area contributed by atoms with Crippen LogP contribution in [0.5, 0.6) is 0 Å². The number of hydrogen-bond donors (Lipinski definition) is 1. The van der Waals surface area contributed by atoms with Crippen molar-refractivity contribution in [2.24, 2.45) is 5.73 Å². The van der Waals surface area contributed by atoms with Gasteiger partial charge in [0.2, 0.25) is 0 Å². The van der Waals surface area contributed by atoms with Crippen molar-refractivity contribution in [3.05, 3.63) is 29.6 Å². The van der Waals surface area contributed by atoms with E-state index in [-0.39, 0.29) is 11.9 Å². The Balaban J connectivity index is 3.05. The largest absolute Gasteiger partial charge is 0.371 e. The van der Waals surface area contributed by atoms with Crippen LogP contribution in [0.4, 0.5) is 10.1 Å². The lowest BCUT2D eigenvalue weighted by molar-refractivity contribution is 0.590. The fraction of sp³-hybridized carbons (Fsp3) is 0.571. The second kappa shape index (κ2) is 6.60. The molecule has 0 aliphatic carbocycles. The first kappa shape index (κ1) is 14.0. The van der Waals surface area contributed by atoms with Gasteiger partial charge in [-0.2, -0.15) is 0 Å². The zero-order chi connectivity index (χ0) is 12.8. The fourth-order valence-corrected chi connectivity index (χ4v) is 2.05. The molecule has 0 saturated carbocycles. The van der Waals surface area contributed by atoms with Crippen molar-refractivity contribution in [2.45, 2.75) is 39.7 Å². The van der Waals surface area contributed by atoms with E-state index in [1.807, 2.05) is 13.0 Å². The monoisotopic (exact) mass is 238 g/mol. The molecule has 17 heavy (non-hydrogen) atoms. The van der Waals surface area contributed by atoms with Crippen LogP contribution in [0.1, 0.15) is 45.2 Å². The zero-order valence-corrected chi connectivity index (χ0v) is 11.0. The van der Waals surface area contributed by atoms with Gasteiger partial charge < -0.3 is 10.6 Å². The minimum atomic E-state index is -0.276. The number of benzene rings is 1. The van der Waals surface area contributed by atoms with Gasteiger partial charge in [-0.05, 0) is 32.4 Å². The molecule has 1 aromatic carbocycles. The molecule has 0 fully saturated rings. The quantitative estimate of drug-likeness (QED) is 0.822. The first-order chi connectivity index (χ1) is 8.11. The predicted molar refractivity (Wildman–Crippen MR) is 71.8 cm³/mol. The molecular weight excluding hydrogens is 215 g/mol. The average molecular weight is 238 g/mol. The van der Waals surface area contributed by atoms with Gasteiger partial charge in [0.25, 0.3) is 0 Å². The standard InChI is InChI=1S/C14H23FN2/c1-4-6-10-17(5-2)13-9-7-8-12(15)14(13)11(3)16/h7-9,11H,4-6,10,16H2,1-3H3/t11-/m0/s1. The number of rotatable bonds is 6. The van der Waals surface area contributed by atoms with Crippen molar-refractivity contribution < 1.29 is 4.39 Å². The van der Waals surface area contributed by atoms with E-state index in [0.29, 0.717) is 5.56 Å². The van der Waals surface area contributed by atoms with Crippen LogP contribution in [0.3, 0.4) is 0 Å². The molecule has 2 nitrogen and oxygen atoms in total. The van der Waals surface area contributed by atoms with Gasteiger partial charge >= 0.3 is 0 Å². The van der Waals surface area contributed by atoms with Crippen molar-refractivity contribution in [1.29, 1.82) is 0 Å². The van der Waals surface area contributed by atoms with Crippen LogP contribution in [0.2, 0.25) is 0 Å². The summed E-state index contributed by atoms with van der Waals surface area (Å²) in [5, 5.41) is 0. The molecule has 3 heteroatoms.